The van der Waals surface area contributed by atoms with Crippen LogP contribution in [0.3, 0.4) is 0 Å². The van der Waals surface area contributed by atoms with Gasteiger partial charge in [-0.1, -0.05) is 12.8 Å². The van der Waals surface area contributed by atoms with E-state index in [1.165, 1.54) is 25.7 Å². The molecule has 3 fully saturated rings. The number of carbonyl (C=O) groups excluding carboxylic acids is 1. The van der Waals surface area contributed by atoms with Gasteiger partial charge < -0.3 is 24.7 Å². The molecule has 4 rings (SSSR count). The SMILES string of the molecule is CC(C)(C)OC(=O)N1C2CCC1CC(NC(=NCCc1ccco1)NC1CCCC1)C2.I. The predicted octanol–water partition coefficient (Wildman–Crippen LogP) is 4.85. The van der Waals surface area contributed by atoms with E-state index in [1.54, 1.807) is 6.26 Å². The Hall–Kier alpha value is -1.45. The molecule has 8 heteroatoms. The van der Waals surface area contributed by atoms with Crippen molar-refractivity contribution in [2.75, 3.05) is 6.54 Å². The second-order valence-electron chi connectivity index (χ2n) is 10.3. The van der Waals surface area contributed by atoms with Gasteiger partial charge in [-0.05, 0) is 71.4 Å². The molecule has 0 aromatic carbocycles. The number of amides is 1. The minimum absolute atomic E-state index is 0. The van der Waals surface area contributed by atoms with E-state index in [9.17, 15) is 4.79 Å². The molecular formula is C24H39IN4O3. The fraction of sp³-hybridized carbons (Fsp3) is 0.750. The standard InChI is InChI=1S/C24H38N4O3.HI/c1-24(2,3)31-23(29)28-19-10-11-20(28)16-18(15-19)27-22(26-17-7-4-5-8-17)25-13-12-21-9-6-14-30-21;/h6,9,14,17-20H,4-5,7-8,10-13,15-16H2,1-3H3,(H2,25,26,27);1H. The van der Waals surface area contributed by atoms with Crippen molar-refractivity contribution < 1.29 is 13.9 Å². The van der Waals surface area contributed by atoms with Crippen LogP contribution in [0.4, 0.5) is 4.79 Å². The Morgan fingerprint density at radius 3 is 2.38 bits per heavy atom. The van der Waals surface area contributed by atoms with Crippen LogP contribution in [0.5, 0.6) is 0 Å². The summed E-state index contributed by atoms with van der Waals surface area (Å²) in [7, 11) is 0. The quantitative estimate of drug-likeness (QED) is 0.307. The summed E-state index contributed by atoms with van der Waals surface area (Å²) in [4.78, 5) is 19.6. The molecule has 2 N–H and O–H groups in total. The van der Waals surface area contributed by atoms with E-state index >= 15 is 0 Å². The molecule has 1 aliphatic carbocycles. The molecule has 2 bridgehead atoms. The average Bonchev–Trinajstić information content (AvgIpc) is 3.42. The molecule has 2 unspecified atom stereocenters. The van der Waals surface area contributed by atoms with Gasteiger partial charge in [-0.25, -0.2) is 4.79 Å². The molecule has 2 atom stereocenters. The Labute approximate surface area is 209 Å². The molecular weight excluding hydrogens is 519 g/mol. The smallest absolute Gasteiger partial charge is 0.410 e. The fourth-order valence-corrected chi connectivity index (χ4v) is 5.23. The third kappa shape index (κ3) is 6.78. The lowest BCUT2D eigenvalue weighted by molar-refractivity contribution is 0.00544. The second-order valence-corrected chi connectivity index (χ2v) is 10.3. The number of halogens is 1. The Balaban J connectivity index is 0.00000289. The third-order valence-corrected chi connectivity index (χ3v) is 6.58. The number of furan rings is 1. The van der Waals surface area contributed by atoms with Crippen molar-refractivity contribution in [2.24, 2.45) is 4.99 Å². The zero-order valence-corrected chi connectivity index (χ0v) is 22.0. The molecule has 32 heavy (non-hydrogen) atoms. The van der Waals surface area contributed by atoms with Crippen molar-refractivity contribution in [3.05, 3.63) is 24.2 Å². The van der Waals surface area contributed by atoms with Crippen LogP contribution in [-0.4, -0.2) is 53.3 Å². The molecule has 2 saturated heterocycles. The van der Waals surface area contributed by atoms with Crippen molar-refractivity contribution in [2.45, 2.75) is 108 Å². The minimum Gasteiger partial charge on any atom is -0.469 e. The minimum atomic E-state index is -0.454. The maximum atomic E-state index is 12.7. The van der Waals surface area contributed by atoms with Crippen LogP contribution in [0.15, 0.2) is 27.8 Å². The monoisotopic (exact) mass is 558 g/mol. The summed E-state index contributed by atoms with van der Waals surface area (Å²) in [5.41, 5.74) is -0.454. The lowest BCUT2D eigenvalue weighted by Gasteiger charge is -2.40. The van der Waals surface area contributed by atoms with E-state index in [2.05, 4.69) is 10.6 Å². The lowest BCUT2D eigenvalue weighted by atomic mass is 9.98. The molecule has 7 nitrogen and oxygen atoms in total. The van der Waals surface area contributed by atoms with Crippen LogP contribution in [0.1, 0.15) is 77.9 Å². The summed E-state index contributed by atoms with van der Waals surface area (Å²) >= 11 is 0. The number of aliphatic imine (C=N–C) groups is 1. The molecule has 3 heterocycles. The van der Waals surface area contributed by atoms with Gasteiger partial charge in [0.2, 0.25) is 0 Å². The van der Waals surface area contributed by atoms with Gasteiger partial charge in [0, 0.05) is 37.1 Å². The van der Waals surface area contributed by atoms with E-state index in [4.69, 9.17) is 14.1 Å². The molecule has 3 aliphatic rings. The molecule has 1 amide bonds. The van der Waals surface area contributed by atoms with E-state index in [0.717, 1.165) is 43.8 Å². The first kappa shape index (κ1) is 25.2. The van der Waals surface area contributed by atoms with Gasteiger partial charge in [0.25, 0.3) is 0 Å². The van der Waals surface area contributed by atoms with Crippen LogP contribution < -0.4 is 10.6 Å². The highest BCUT2D eigenvalue weighted by atomic mass is 127. The Morgan fingerprint density at radius 2 is 1.78 bits per heavy atom. The van der Waals surface area contributed by atoms with Gasteiger partial charge in [0.1, 0.15) is 11.4 Å². The summed E-state index contributed by atoms with van der Waals surface area (Å²) in [6.07, 6.45) is 11.4. The third-order valence-electron chi connectivity index (χ3n) is 6.58. The summed E-state index contributed by atoms with van der Waals surface area (Å²) in [5, 5.41) is 7.36. The largest absolute Gasteiger partial charge is 0.469 e. The van der Waals surface area contributed by atoms with Crippen LogP contribution in [0, 0.1) is 0 Å². The van der Waals surface area contributed by atoms with Gasteiger partial charge in [-0.2, -0.15) is 0 Å². The first-order chi connectivity index (χ1) is 14.9. The van der Waals surface area contributed by atoms with Crippen LogP contribution in [-0.2, 0) is 11.2 Å². The maximum Gasteiger partial charge on any atom is 0.410 e. The topological polar surface area (TPSA) is 79.1 Å². The van der Waals surface area contributed by atoms with Crippen molar-refractivity contribution in [1.82, 2.24) is 15.5 Å². The highest BCUT2D eigenvalue weighted by Gasteiger charge is 2.45. The number of piperidine rings is 1. The summed E-state index contributed by atoms with van der Waals surface area (Å²) in [5.74, 6) is 1.88. The van der Waals surface area contributed by atoms with E-state index in [-0.39, 0.29) is 42.2 Å². The van der Waals surface area contributed by atoms with E-state index in [0.29, 0.717) is 18.6 Å². The number of hydrogen-bond donors (Lipinski definition) is 2. The zero-order chi connectivity index (χ0) is 21.8. The predicted molar refractivity (Wildman–Crippen MR) is 137 cm³/mol. The molecule has 1 aromatic rings. The molecule has 0 spiro atoms. The molecule has 180 valence electrons. The number of carbonyl (C=O) groups is 1. The first-order valence-electron chi connectivity index (χ1n) is 12.0. The van der Waals surface area contributed by atoms with E-state index in [1.807, 2.05) is 37.8 Å². The van der Waals surface area contributed by atoms with Crippen LogP contribution in [0.25, 0.3) is 0 Å². The van der Waals surface area contributed by atoms with Crippen LogP contribution in [0.2, 0.25) is 0 Å². The number of nitrogens with zero attached hydrogens (tertiary/aromatic N) is 2. The Kier molecular flexibility index (Phi) is 8.75. The van der Waals surface area contributed by atoms with Gasteiger partial charge in [-0.3, -0.25) is 4.99 Å². The summed E-state index contributed by atoms with van der Waals surface area (Å²) < 4.78 is 11.1. The highest BCUT2D eigenvalue weighted by molar-refractivity contribution is 14.0. The number of hydrogen-bond acceptors (Lipinski definition) is 4. The van der Waals surface area contributed by atoms with Gasteiger partial charge in [0.15, 0.2) is 5.96 Å². The summed E-state index contributed by atoms with van der Waals surface area (Å²) in [6.45, 7) is 6.49. The van der Waals surface area contributed by atoms with Crippen LogP contribution >= 0.6 is 24.0 Å². The average molecular weight is 559 g/mol. The number of ether oxygens (including phenoxy) is 1. The van der Waals surface area contributed by atoms with Gasteiger partial charge in [-0.15, -0.1) is 24.0 Å². The Morgan fingerprint density at radius 1 is 1.12 bits per heavy atom. The molecule has 0 radical (unpaired) electrons. The number of guanidine groups is 1. The fourth-order valence-electron chi connectivity index (χ4n) is 5.23. The molecule has 1 saturated carbocycles. The van der Waals surface area contributed by atoms with Gasteiger partial charge in [0.05, 0.1) is 6.26 Å². The molecule has 1 aromatic heterocycles. The maximum absolute atomic E-state index is 12.7. The van der Waals surface area contributed by atoms with E-state index < -0.39 is 5.60 Å². The zero-order valence-electron chi connectivity index (χ0n) is 19.6. The van der Waals surface area contributed by atoms with Crippen molar-refractivity contribution in [3.63, 3.8) is 0 Å². The highest BCUT2D eigenvalue weighted by Crippen LogP contribution is 2.36. The summed E-state index contributed by atoms with van der Waals surface area (Å²) in [6, 6.07) is 5.25. The lowest BCUT2D eigenvalue weighted by Crippen LogP contribution is -2.55. The van der Waals surface area contributed by atoms with Gasteiger partial charge >= 0.3 is 6.09 Å². The number of fused-ring (bicyclic) bond motifs is 2. The second kappa shape index (κ2) is 11.1. The Bertz CT molecular complexity index is 742. The number of nitrogens with one attached hydrogen (secondary N) is 2. The first-order valence-corrected chi connectivity index (χ1v) is 12.0. The van der Waals surface area contributed by atoms with Crippen molar-refractivity contribution >= 4 is 36.0 Å². The normalized spacial score (nSPS) is 26.0. The van der Waals surface area contributed by atoms with Crippen molar-refractivity contribution in [1.29, 1.82) is 0 Å². The molecule has 2 aliphatic heterocycles. The van der Waals surface area contributed by atoms with Crippen molar-refractivity contribution in [3.8, 4) is 0 Å². The number of rotatable bonds is 5.